The van der Waals surface area contributed by atoms with Crippen LogP contribution in [-0.2, 0) is 0 Å². The third kappa shape index (κ3) is 1.71. The van der Waals surface area contributed by atoms with Crippen molar-refractivity contribution in [2.75, 3.05) is 0 Å². The van der Waals surface area contributed by atoms with Crippen molar-refractivity contribution in [3.05, 3.63) is 34.6 Å². The Labute approximate surface area is 100 Å². The maximum absolute atomic E-state index is 11.1. The van der Waals surface area contributed by atoms with Crippen LogP contribution in [0.25, 0.3) is 11.0 Å². The lowest BCUT2D eigenvalue weighted by atomic mass is 9.97. The molecule has 0 aliphatic carbocycles. The Balaban J connectivity index is 2.88. The molecule has 3 heteroatoms. The number of aryl methyl sites for hydroxylation is 2. The Kier molecular flexibility index (Phi) is 2.69. The number of carbonyl (C=O) groups is 1. The highest BCUT2D eigenvalue weighted by molar-refractivity contribution is 5.97. The van der Waals surface area contributed by atoms with Gasteiger partial charge in [0, 0.05) is 10.9 Å². The molecule has 1 aromatic carbocycles. The topological polar surface area (TPSA) is 50.4 Å². The van der Waals surface area contributed by atoms with E-state index < -0.39 is 5.97 Å². The molecular formula is C14H16O3. The van der Waals surface area contributed by atoms with E-state index in [0.717, 1.165) is 22.1 Å². The third-order valence-electron chi connectivity index (χ3n) is 3.13. The van der Waals surface area contributed by atoms with Crippen molar-refractivity contribution in [3.8, 4) is 0 Å². The average molecular weight is 232 g/mol. The Morgan fingerprint density at radius 2 is 1.94 bits per heavy atom. The lowest BCUT2D eigenvalue weighted by Gasteiger charge is -2.07. The fourth-order valence-corrected chi connectivity index (χ4v) is 2.22. The van der Waals surface area contributed by atoms with Crippen LogP contribution in [0.15, 0.2) is 16.5 Å². The summed E-state index contributed by atoms with van der Waals surface area (Å²) in [5, 5.41) is 10.0. The van der Waals surface area contributed by atoms with Gasteiger partial charge in [0.1, 0.15) is 5.58 Å². The summed E-state index contributed by atoms with van der Waals surface area (Å²) in [5.74, 6) is -0.644. The van der Waals surface area contributed by atoms with E-state index in [4.69, 9.17) is 9.52 Å². The molecule has 17 heavy (non-hydrogen) atoms. The van der Waals surface area contributed by atoms with E-state index in [2.05, 4.69) is 13.8 Å². The van der Waals surface area contributed by atoms with Crippen LogP contribution in [-0.4, -0.2) is 11.1 Å². The number of aromatic carboxylic acids is 1. The molecule has 0 aliphatic rings. The van der Waals surface area contributed by atoms with Gasteiger partial charge in [-0.1, -0.05) is 26.0 Å². The highest BCUT2D eigenvalue weighted by Gasteiger charge is 2.20. The molecule has 0 unspecified atom stereocenters. The second-order valence-corrected chi connectivity index (χ2v) is 4.69. The van der Waals surface area contributed by atoms with E-state index in [1.54, 1.807) is 6.92 Å². The van der Waals surface area contributed by atoms with Crippen molar-refractivity contribution in [1.82, 2.24) is 0 Å². The van der Waals surface area contributed by atoms with E-state index in [1.807, 2.05) is 19.1 Å². The van der Waals surface area contributed by atoms with Crippen LogP contribution in [0.2, 0.25) is 0 Å². The van der Waals surface area contributed by atoms with Gasteiger partial charge in [-0.2, -0.15) is 0 Å². The molecule has 0 saturated carbocycles. The molecule has 0 saturated heterocycles. The van der Waals surface area contributed by atoms with Gasteiger partial charge in [0.25, 0.3) is 0 Å². The first-order valence-electron chi connectivity index (χ1n) is 5.69. The number of furan rings is 1. The van der Waals surface area contributed by atoms with Crippen LogP contribution in [0.5, 0.6) is 0 Å². The first-order valence-corrected chi connectivity index (χ1v) is 5.69. The first kappa shape index (κ1) is 11.7. The summed E-state index contributed by atoms with van der Waals surface area (Å²) in [6.45, 7) is 7.91. The number of carboxylic acid groups (broad SMARTS) is 1. The summed E-state index contributed by atoms with van der Waals surface area (Å²) in [7, 11) is 0. The average Bonchev–Trinajstić information content (AvgIpc) is 2.57. The summed E-state index contributed by atoms with van der Waals surface area (Å²) in [6, 6.07) is 4.03. The molecule has 1 N–H and O–H groups in total. The number of hydrogen-bond donors (Lipinski definition) is 1. The maximum Gasteiger partial charge on any atom is 0.372 e. The van der Waals surface area contributed by atoms with Crippen LogP contribution >= 0.6 is 0 Å². The SMILES string of the molecule is Cc1ccc(C(C)C)c2oc(C(=O)O)c(C)c12. The Morgan fingerprint density at radius 1 is 1.29 bits per heavy atom. The summed E-state index contributed by atoms with van der Waals surface area (Å²) in [4.78, 5) is 11.1. The normalized spacial score (nSPS) is 11.4. The van der Waals surface area contributed by atoms with E-state index in [1.165, 1.54) is 0 Å². The van der Waals surface area contributed by atoms with Crippen molar-refractivity contribution in [2.24, 2.45) is 0 Å². The Hall–Kier alpha value is -1.77. The van der Waals surface area contributed by atoms with Crippen molar-refractivity contribution in [1.29, 1.82) is 0 Å². The predicted molar refractivity (Wildman–Crippen MR) is 66.7 cm³/mol. The largest absolute Gasteiger partial charge is 0.475 e. The van der Waals surface area contributed by atoms with Crippen LogP contribution in [0, 0.1) is 13.8 Å². The molecule has 0 bridgehead atoms. The lowest BCUT2D eigenvalue weighted by molar-refractivity contribution is 0.0664. The van der Waals surface area contributed by atoms with Gasteiger partial charge in [-0.3, -0.25) is 0 Å². The molecule has 90 valence electrons. The predicted octanol–water partition coefficient (Wildman–Crippen LogP) is 3.87. The van der Waals surface area contributed by atoms with E-state index in [-0.39, 0.29) is 5.76 Å². The number of carboxylic acids is 1. The van der Waals surface area contributed by atoms with Crippen LogP contribution in [0.4, 0.5) is 0 Å². The molecule has 0 aliphatic heterocycles. The van der Waals surface area contributed by atoms with Crippen molar-refractivity contribution in [2.45, 2.75) is 33.6 Å². The molecule has 0 atom stereocenters. The molecule has 0 radical (unpaired) electrons. The third-order valence-corrected chi connectivity index (χ3v) is 3.13. The van der Waals surface area contributed by atoms with Crippen LogP contribution < -0.4 is 0 Å². The molecule has 0 spiro atoms. The highest BCUT2D eigenvalue weighted by atomic mass is 16.4. The minimum absolute atomic E-state index is 0.0520. The van der Waals surface area contributed by atoms with Gasteiger partial charge in [-0.25, -0.2) is 4.79 Å². The van der Waals surface area contributed by atoms with Crippen molar-refractivity contribution >= 4 is 16.9 Å². The quantitative estimate of drug-likeness (QED) is 0.855. The molecular weight excluding hydrogens is 216 g/mol. The monoisotopic (exact) mass is 232 g/mol. The van der Waals surface area contributed by atoms with Crippen molar-refractivity contribution in [3.63, 3.8) is 0 Å². The number of hydrogen-bond acceptors (Lipinski definition) is 2. The Bertz CT molecular complexity index is 591. The highest BCUT2D eigenvalue weighted by Crippen LogP contribution is 2.33. The summed E-state index contributed by atoms with van der Waals surface area (Å²) >= 11 is 0. The van der Waals surface area contributed by atoms with E-state index >= 15 is 0 Å². The second kappa shape index (κ2) is 3.91. The number of rotatable bonds is 2. The van der Waals surface area contributed by atoms with Gasteiger partial charge in [-0.15, -0.1) is 0 Å². The van der Waals surface area contributed by atoms with Gasteiger partial charge in [0.15, 0.2) is 0 Å². The minimum Gasteiger partial charge on any atom is -0.475 e. The fraction of sp³-hybridized carbons (Fsp3) is 0.357. The molecule has 0 amide bonds. The zero-order chi connectivity index (χ0) is 12.7. The summed E-state index contributed by atoms with van der Waals surface area (Å²) < 4.78 is 5.53. The van der Waals surface area contributed by atoms with E-state index in [9.17, 15) is 4.79 Å². The van der Waals surface area contributed by atoms with Gasteiger partial charge < -0.3 is 9.52 Å². The number of benzene rings is 1. The molecule has 2 aromatic rings. The standard InChI is InChI=1S/C14H16O3/c1-7(2)10-6-5-8(3)11-9(4)12(14(15)16)17-13(10)11/h5-7H,1-4H3,(H,15,16). The molecule has 2 rings (SSSR count). The summed E-state index contributed by atoms with van der Waals surface area (Å²) in [5.41, 5.74) is 3.54. The van der Waals surface area contributed by atoms with E-state index in [0.29, 0.717) is 11.5 Å². The van der Waals surface area contributed by atoms with Crippen LogP contribution in [0.3, 0.4) is 0 Å². The molecule has 1 heterocycles. The number of fused-ring (bicyclic) bond motifs is 1. The zero-order valence-electron chi connectivity index (χ0n) is 10.5. The molecule has 3 nitrogen and oxygen atoms in total. The smallest absolute Gasteiger partial charge is 0.372 e. The van der Waals surface area contributed by atoms with Gasteiger partial charge >= 0.3 is 5.97 Å². The second-order valence-electron chi connectivity index (χ2n) is 4.69. The minimum atomic E-state index is -1.01. The summed E-state index contributed by atoms with van der Waals surface area (Å²) in [6.07, 6.45) is 0. The lowest BCUT2D eigenvalue weighted by Crippen LogP contribution is -1.95. The maximum atomic E-state index is 11.1. The fourth-order valence-electron chi connectivity index (χ4n) is 2.22. The van der Waals surface area contributed by atoms with Crippen LogP contribution in [0.1, 0.15) is 47.0 Å². The van der Waals surface area contributed by atoms with Gasteiger partial charge in [-0.05, 0) is 30.9 Å². The zero-order valence-corrected chi connectivity index (χ0v) is 10.5. The van der Waals surface area contributed by atoms with Gasteiger partial charge in [0.05, 0.1) is 0 Å². The van der Waals surface area contributed by atoms with Crippen molar-refractivity contribution < 1.29 is 14.3 Å². The Morgan fingerprint density at radius 3 is 2.47 bits per heavy atom. The molecule has 0 fully saturated rings. The van der Waals surface area contributed by atoms with Gasteiger partial charge in [0.2, 0.25) is 5.76 Å². The first-order chi connectivity index (χ1) is 7.93. The molecule has 1 aromatic heterocycles.